The number of carbonyl (C=O) groups excluding carboxylic acids is 1. The summed E-state index contributed by atoms with van der Waals surface area (Å²) in [7, 11) is 0. The summed E-state index contributed by atoms with van der Waals surface area (Å²) in [5.74, 6) is 3.64. The van der Waals surface area contributed by atoms with Gasteiger partial charge >= 0.3 is 0 Å². The fourth-order valence-corrected chi connectivity index (χ4v) is 2.24. The molecule has 1 saturated heterocycles. The smallest absolute Gasteiger partial charge is 0.285 e. The summed E-state index contributed by atoms with van der Waals surface area (Å²) >= 11 is 0. The lowest BCUT2D eigenvalue weighted by molar-refractivity contribution is -0.385. The number of nitro benzene ring substituents is 1. The Kier molecular flexibility index (Phi) is 4.34. The number of piperidine rings is 1. The molecule has 0 aliphatic carbocycles. The van der Waals surface area contributed by atoms with E-state index >= 15 is 0 Å². The van der Waals surface area contributed by atoms with Crippen molar-refractivity contribution in [3.8, 4) is 0 Å². The summed E-state index contributed by atoms with van der Waals surface area (Å²) in [4.78, 5) is 23.9. The Morgan fingerprint density at radius 3 is 2.62 bits per heavy atom. The van der Waals surface area contributed by atoms with Gasteiger partial charge in [0.2, 0.25) is 0 Å². The van der Waals surface area contributed by atoms with Crippen molar-refractivity contribution in [1.82, 2.24) is 4.90 Å². The third-order valence-corrected chi connectivity index (χ3v) is 3.42. The van der Waals surface area contributed by atoms with E-state index in [2.05, 4.69) is 5.43 Å². The summed E-state index contributed by atoms with van der Waals surface area (Å²) < 4.78 is 13.5. The van der Waals surface area contributed by atoms with Crippen LogP contribution in [0.25, 0.3) is 0 Å². The summed E-state index contributed by atoms with van der Waals surface area (Å²) in [5.41, 5.74) is 1.03. The van der Waals surface area contributed by atoms with Gasteiger partial charge in [-0.05, 0) is 18.9 Å². The van der Waals surface area contributed by atoms with Gasteiger partial charge in [0.15, 0.2) is 5.82 Å². The first-order chi connectivity index (χ1) is 9.93. The third-order valence-electron chi connectivity index (χ3n) is 3.42. The highest BCUT2D eigenvalue weighted by Crippen LogP contribution is 2.27. The molecule has 0 saturated carbocycles. The Labute approximate surface area is 119 Å². The van der Waals surface area contributed by atoms with Gasteiger partial charge in [0.25, 0.3) is 11.6 Å². The molecule has 2 rings (SSSR count). The number of anilines is 1. The highest BCUT2D eigenvalue weighted by atomic mass is 19.1. The summed E-state index contributed by atoms with van der Waals surface area (Å²) in [6, 6.07) is 1.70. The maximum Gasteiger partial charge on any atom is 0.285 e. The summed E-state index contributed by atoms with van der Waals surface area (Å²) in [5, 5.41) is 20.4. The standard InChI is InChI=1S/C12H15FN4O4/c13-9-6-11(17(20)21)8(5-10(9)15-14)12(19)16-3-1-7(18)2-4-16/h5-7,15,18H,1-4,14H2. The van der Waals surface area contributed by atoms with Gasteiger partial charge in [-0.2, -0.15) is 0 Å². The minimum atomic E-state index is -0.908. The Hall–Kier alpha value is -2.26. The lowest BCUT2D eigenvalue weighted by Gasteiger charge is -2.29. The SMILES string of the molecule is NNc1cc(C(=O)N2CCC(O)CC2)c([N+](=O)[O-])cc1F. The first-order valence-corrected chi connectivity index (χ1v) is 6.36. The fourth-order valence-electron chi connectivity index (χ4n) is 2.24. The van der Waals surface area contributed by atoms with E-state index in [0.717, 1.165) is 6.07 Å². The summed E-state index contributed by atoms with van der Waals surface area (Å²) in [6.07, 6.45) is 0.337. The molecule has 8 nitrogen and oxygen atoms in total. The molecule has 0 radical (unpaired) electrons. The molecular formula is C12H15FN4O4. The van der Waals surface area contributed by atoms with E-state index < -0.39 is 28.4 Å². The van der Waals surface area contributed by atoms with Crippen LogP contribution in [0, 0.1) is 15.9 Å². The lowest BCUT2D eigenvalue weighted by Crippen LogP contribution is -2.40. The van der Waals surface area contributed by atoms with Gasteiger partial charge in [-0.3, -0.25) is 20.8 Å². The highest BCUT2D eigenvalue weighted by Gasteiger charge is 2.29. The van der Waals surface area contributed by atoms with E-state index in [9.17, 15) is 24.4 Å². The maximum atomic E-state index is 13.5. The molecule has 21 heavy (non-hydrogen) atoms. The number of halogens is 1. The number of nitrogens with two attached hydrogens (primary N) is 1. The van der Waals surface area contributed by atoms with Crippen LogP contribution in [0.1, 0.15) is 23.2 Å². The molecule has 1 aliphatic heterocycles. The van der Waals surface area contributed by atoms with Gasteiger partial charge < -0.3 is 15.4 Å². The average Bonchev–Trinajstić information content (AvgIpc) is 2.47. The number of nitrogens with zero attached hydrogens (tertiary/aromatic N) is 2. The molecule has 0 unspecified atom stereocenters. The Balaban J connectivity index is 2.37. The van der Waals surface area contributed by atoms with Crippen molar-refractivity contribution in [1.29, 1.82) is 0 Å². The predicted octanol–water partition coefficient (Wildman–Crippen LogP) is 0.616. The zero-order valence-corrected chi connectivity index (χ0v) is 11.1. The van der Waals surface area contributed by atoms with Crippen molar-refractivity contribution in [3.63, 3.8) is 0 Å². The first kappa shape index (κ1) is 15.1. The topological polar surface area (TPSA) is 122 Å². The number of hydrazine groups is 1. The quantitative estimate of drug-likeness (QED) is 0.427. The molecule has 1 aromatic carbocycles. The van der Waals surface area contributed by atoms with Crippen molar-refractivity contribution in [2.75, 3.05) is 18.5 Å². The minimum absolute atomic E-state index is 0.194. The monoisotopic (exact) mass is 298 g/mol. The molecule has 1 aliphatic rings. The van der Waals surface area contributed by atoms with Crippen molar-refractivity contribution in [2.24, 2.45) is 5.84 Å². The Morgan fingerprint density at radius 1 is 1.48 bits per heavy atom. The zero-order chi connectivity index (χ0) is 15.6. The van der Waals surface area contributed by atoms with Gasteiger partial charge in [-0.25, -0.2) is 4.39 Å². The molecule has 0 atom stereocenters. The Bertz CT molecular complexity index is 573. The van der Waals surface area contributed by atoms with Crippen LogP contribution in [0.15, 0.2) is 12.1 Å². The van der Waals surface area contributed by atoms with E-state index in [0.29, 0.717) is 32.0 Å². The number of nitro groups is 1. The number of likely N-dealkylation sites (tertiary alicyclic amines) is 1. The fraction of sp³-hybridized carbons (Fsp3) is 0.417. The van der Waals surface area contributed by atoms with Crippen LogP contribution in [-0.4, -0.2) is 40.0 Å². The number of nitrogens with one attached hydrogen (secondary N) is 1. The van der Waals surface area contributed by atoms with E-state index in [1.165, 1.54) is 4.90 Å². The molecule has 0 aromatic heterocycles. The number of nitrogen functional groups attached to an aromatic ring is 1. The highest BCUT2D eigenvalue weighted by molar-refractivity contribution is 5.99. The lowest BCUT2D eigenvalue weighted by atomic mass is 10.1. The van der Waals surface area contributed by atoms with Gasteiger partial charge in [0.05, 0.1) is 22.8 Å². The molecular weight excluding hydrogens is 283 g/mol. The van der Waals surface area contributed by atoms with Crippen molar-refractivity contribution in [2.45, 2.75) is 18.9 Å². The Morgan fingerprint density at radius 2 is 2.10 bits per heavy atom. The molecule has 1 amide bonds. The number of aliphatic hydroxyl groups excluding tert-OH is 1. The summed E-state index contributed by atoms with van der Waals surface area (Å²) in [6.45, 7) is 0.583. The van der Waals surface area contributed by atoms with E-state index in [1.54, 1.807) is 0 Å². The minimum Gasteiger partial charge on any atom is -0.393 e. The van der Waals surface area contributed by atoms with E-state index in [4.69, 9.17) is 5.84 Å². The van der Waals surface area contributed by atoms with Gasteiger partial charge in [0, 0.05) is 13.1 Å². The molecule has 1 aromatic rings. The number of hydrogen-bond donors (Lipinski definition) is 3. The van der Waals surface area contributed by atoms with Crippen LogP contribution in [0.3, 0.4) is 0 Å². The predicted molar refractivity (Wildman–Crippen MR) is 72.0 cm³/mol. The molecule has 9 heteroatoms. The van der Waals surface area contributed by atoms with Gasteiger partial charge in [-0.15, -0.1) is 0 Å². The number of benzene rings is 1. The van der Waals surface area contributed by atoms with E-state index in [1.807, 2.05) is 0 Å². The molecule has 0 spiro atoms. The average molecular weight is 298 g/mol. The number of aliphatic hydroxyl groups is 1. The number of amides is 1. The van der Waals surface area contributed by atoms with Gasteiger partial charge in [-0.1, -0.05) is 0 Å². The van der Waals surface area contributed by atoms with Crippen LogP contribution in [0.2, 0.25) is 0 Å². The number of rotatable bonds is 3. The van der Waals surface area contributed by atoms with Crippen LogP contribution >= 0.6 is 0 Å². The second-order valence-corrected chi connectivity index (χ2v) is 4.77. The third kappa shape index (κ3) is 3.09. The van der Waals surface area contributed by atoms with Crippen LogP contribution < -0.4 is 11.3 Å². The van der Waals surface area contributed by atoms with Crippen LogP contribution in [0.4, 0.5) is 15.8 Å². The number of hydrogen-bond acceptors (Lipinski definition) is 6. The second kappa shape index (κ2) is 6.02. The van der Waals surface area contributed by atoms with Crippen molar-refractivity contribution >= 4 is 17.3 Å². The van der Waals surface area contributed by atoms with E-state index in [-0.39, 0.29) is 11.3 Å². The molecule has 1 fully saturated rings. The normalized spacial score (nSPS) is 15.9. The molecule has 114 valence electrons. The largest absolute Gasteiger partial charge is 0.393 e. The number of carbonyl (C=O) groups is 1. The second-order valence-electron chi connectivity index (χ2n) is 4.77. The molecule has 4 N–H and O–H groups in total. The maximum absolute atomic E-state index is 13.5. The molecule has 0 bridgehead atoms. The molecule has 1 heterocycles. The van der Waals surface area contributed by atoms with Crippen LogP contribution in [-0.2, 0) is 0 Å². The van der Waals surface area contributed by atoms with Crippen LogP contribution in [0.5, 0.6) is 0 Å². The first-order valence-electron chi connectivity index (χ1n) is 6.36. The zero-order valence-electron chi connectivity index (χ0n) is 11.1. The van der Waals surface area contributed by atoms with Gasteiger partial charge in [0.1, 0.15) is 5.56 Å². The van der Waals surface area contributed by atoms with Crippen molar-refractivity contribution in [3.05, 3.63) is 33.6 Å². The van der Waals surface area contributed by atoms with Crippen molar-refractivity contribution < 1.29 is 19.2 Å².